The lowest BCUT2D eigenvalue weighted by Gasteiger charge is -2.36. The molecule has 0 saturated carbocycles. The summed E-state index contributed by atoms with van der Waals surface area (Å²) in [6, 6.07) is 6.98. The van der Waals surface area contributed by atoms with Crippen LogP contribution in [-0.4, -0.2) is 56.6 Å². The minimum Gasteiger partial charge on any atom is -0.390 e. The van der Waals surface area contributed by atoms with Crippen molar-refractivity contribution in [2.75, 3.05) is 13.1 Å². The van der Waals surface area contributed by atoms with E-state index in [4.69, 9.17) is 9.15 Å². The molecule has 9 nitrogen and oxygen atoms in total. The second kappa shape index (κ2) is 6.85. The van der Waals surface area contributed by atoms with Gasteiger partial charge in [-0.2, -0.15) is 0 Å². The van der Waals surface area contributed by atoms with Crippen LogP contribution in [0.25, 0.3) is 11.0 Å². The maximum atomic E-state index is 12.2. The van der Waals surface area contributed by atoms with E-state index in [0.717, 1.165) is 17.6 Å². The fourth-order valence-corrected chi connectivity index (χ4v) is 3.26. The van der Waals surface area contributed by atoms with Crippen molar-refractivity contribution in [1.82, 2.24) is 25.7 Å². The first-order valence-electron chi connectivity index (χ1n) is 8.45. The zero-order chi connectivity index (χ0) is 18.1. The molecule has 9 heteroatoms. The van der Waals surface area contributed by atoms with Gasteiger partial charge in [0, 0.05) is 25.7 Å². The molecule has 2 aromatic heterocycles. The average Bonchev–Trinajstić information content (AvgIpc) is 3.26. The fraction of sp³-hybridized carbons (Fsp3) is 0.412. The van der Waals surface area contributed by atoms with Crippen LogP contribution in [0.5, 0.6) is 0 Å². The van der Waals surface area contributed by atoms with Crippen molar-refractivity contribution in [1.29, 1.82) is 0 Å². The highest BCUT2D eigenvalue weighted by atomic mass is 16.6. The van der Waals surface area contributed by atoms with Gasteiger partial charge in [0.1, 0.15) is 16.8 Å². The number of β-amino-alcohol motifs (C(OH)–C–C–N with tert-alkyl or cyclic N) is 1. The Labute approximate surface area is 148 Å². The third kappa shape index (κ3) is 3.31. The maximum Gasteiger partial charge on any atom is 0.273 e. The lowest BCUT2D eigenvalue weighted by molar-refractivity contribution is 0.0349. The molecule has 2 N–H and O–H groups in total. The topological polar surface area (TPSA) is 118 Å². The second-order valence-electron chi connectivity index (χ2n) is 6.54. The first kappa shape index (κ1) is 16.7. The van der Waals surface area contributed by atoms with Crippen LogP contribution in [0.2, 0.25) is 0 Å². The monoisotopic (exact) mass is 357 g/mol. The molecule has 4 rings (SSSR count). The minimum atomic E-state index is -0.671. The van der Waals surface area contributed by atoms with Crippen LogP contribution in [0, 0.1) is 6.92 Å². The normalized spacial score (nSPS) is 21.2. The highest BCUT2D eigenvalue weighted by Crippen LogP contribution is 2.20. The highest BCUT2D eigenvalue weighted by molar-refractivity contribution is 5.92. The molecule has 1 aromatic carbocycles. The first-order valence-corrected chi connectivity index (χ1v) is 8.45. The summed E-state index contributed by atoms with van der Waals surface area (Å²) in [4.78, 5) is 14.3. The van der Waals surface area contributed by atoms with Gasteiger partial charge in [-0.25, -0.2) is 4.63 Å². The van der Waals surface area contributed by atoms with Gasteiger partial charge in [-0.05, 0) is 35.3 Å². The summed E-state index contributed by atoms with van der Waals surface area (Å²) in [5.74, 6) is 0.236. The SMILES string of the molecule is Cc1cc(C(=O)N[C@@H]2CCN(Cc3cccc4nonc34)C[C@H]2O)no1. The fourth-order valence-electron chi connectivity index (χ4n) is 3.26. The summed E-state index contributed by atoms with van der Waals surface area (Å²) in [5.41, 5.74) is 2.67. The summed E-state index contributed by atoms with van der Waals surface area (Å²) >= 11 is 0. The summed E-state index contributed by atoms with van der Waals surface area (Å²) in [6.45, 7) is 3.54. The van der Waals surface area contributed by atoms with Crippen LogP contribution in [0.1, 0.15) is 28.2 Å². The van der Waals surface area contributed by atoms with Crippen LogP contribution in [0.3, 0.4) is 0 Å². The van der Waals surface area contributed by atoms with Gasteiger partial charge in [-0.1, -0.05) is 17.3 Å². The van der Waals surface area contributed by atoms with Gasteiger partial charge < -0.3 is 14.9 Å². The van der Waals surface area contributed by atoms with Gasteiger partial charge in [0.15, 0.2) is 5.69 Å². The van der Waals surface area contributed by atoms with E-state index in [1.54, 1.807) is 13.0 Å². The van der Waals surface area contributed by atoms with Crippen molar-refractivity contribution in [2.24, 2.45) is 0 Å². The molecule has 136 valence electrons. The van der Waals surface area contributed by atoms with Crippen LogP contribution in [-0.2, 0) is 6.54 Å². The number of benzene rings is 1. The molecule has 1 amide bonds. The number of aliphatic hydroxyl groups excluding tert-OH is 1. The number of hydrogen-bond acceptors (Lipinski definition) is 8. The number of carbonyl (C=O) groups is 1. The Hall–Kier alpha value is -2.78. The number of aliphatic hydroxyl groups is 1. The molecule has 1 saturated heterocycles. The average molecular weight is 357 g/mol. The molecule has 26 heavy (non-hydrogen) atoms. The zero-order valence-corrected chi connectivity index (χ0v) is 14.3. The number of likely N-dealkylation sites (tertiary alicyclic amines) is 1. The van der Waals surface area contributed by atoms with Crippen LogP contribution < -0.4 is 5.32 Å². The number of hydrogen-bond donors (Lipinski definition) is 2. The number of nitrogens with one attached hydrogen (secondary N) is 1. The molecule has 3 heterocycles. The third-order valence-corrected chi connectivity index (χ3v) is 4.61. The zero-order valence-electron chi connectivity index (χ0n) is 14.3. The number of amides is 1. The first-order chi connectivity index (χ1) is 12.6. The molecule has 0 spiro atoms. The predicted octanol–water partition coefficient (Wildman–Crippen LogP) is 0.884. The van der Waals surface area contributed by atoms with Gasteiger partial charge in [0.25, 0.3) is 5.91 Å². The number of rotatable bonds is 4. The number of nitrogens with zero attached hydrogens (tertiary/aromatic N) is 4. The van der Waals surface area contributed by atoms with Crippen LogP contribution in [0.4, 0.5) is 0 Å². The predicted molar refractivity (Wildman–Crippen MR) is 90.2 cm³/mol. The Kier molecular flexibility index (Phi) is 4.39. The van der Waals surface area contributed by atoms with E-state index >= 15 is 0 Å². The van der Waals surface area contributed by atoms with Crippen molar-refractivity contribution < 1.29 is 19.1 Å². The van der Waals surface area contributed by atoms with E-state index in [1.165, 1.54) is 0 Å². The number of fused-ring (bicyclic) bond motifs is 1. The number of aromatic nitrogens is 3. The van der Waals surface area contributed by atoms with Gasteiger partial charge >= 0.3 is 0 Å². The molecule has 0 bridgehead atoms. The van der Waals surface area contributed by atoms with Crippen molar-refractivity contribution in [3.05, 3.63) is 41.3 Å². The van der Waals surface area contributed by atoms with Crippen molar-refractivity contribution in [2.45, 2.75) is 32.0 Å². The lowest BCUT2D eigenvalue weighted by atomic mass is 10.0. The molecule has 0 aliphatic carbocycles. The molecule has 2 atom stereocenters. The molecule has 1 aliphatic heterocycles. The number of aryl methyl sites for hydroxylation is 1. The standard InChI is InChI=1S/C17H19N5O4/c1-10-7-14(19-25-10)17(24)18-12-5-6-22(9-15(12)23)8-11-3-2-4-13-16(11)21-26-20-13/h2-4,7,12,15,23H,5-6,8-9H2,1H3,(H,18,24)/t12-,15-/m1/s1. The highest BCUT2D eigenvalue weighted by Gasteiger charge is 2.30. The Balaban J connectivity index is 1.37. The van der Waals surface area contributed by atoms with Crippen molar-refractivity contribution in [3.8, 4) is 0 Å². The molecule has 0 unspecified atom stereocenters. The Bertz CT molecular complexity index is 921. The summed E-state index contributed by atoms with van der Waals surface area (Å²) in [5, 5.41) is 24.8. The third-order valence-electron chi connectivity index (χ3n) is 4.61. The van der Waals surface area contributed by atoms with E-state index in [0.29, 0.717) is 30.8 Å². The molecule has 3 aromatic rings. The second-order valence-corrected chi connectivity index (χ2v) is 6.54. The number of carbonyl (C=O) groups excluding carboxylic acids is 1. The van der Waals surface area contributed by atoms with Crippen molar-refractivity contribution in [3.63, 3.8) is 0 Å². The van der Waals surface area contributed by atoms with Crippen LogP contribution in [0.15, 0.2) is 33.4 Å². The van der Waals surface area contributed by atoms with Crippen LogP contribution >= 0.6 is 0 Å². The van der Waals surface area contributed by atoms with Gasteiger partial charge in [-0.3, -0.25) is 9.69 Å². The van der Waals surface area contributed by atoms with Crippen molar-refractivity contribution >= 4 is 16.9 Å². The molecule has 0 radical (unpaired) electrons. The Morgan fingerprint density at radius 1 is 1.38 bits per heavy atom. The van der Waals surface area contributed by atoms with Gasteiger partial charge in [0.2, 0.25) is 0 Å². The maximum absolute atomic E-state index is 12.2. The Morgan fingerprint density at radius 2 is 2.27 bits per heavy atom. The Morgan fingerprint density at radius 3 is 3.04 bits per heavy atom. The molecular formula is C17H19N5O4. The number of piperidine rings is 1. The van der Waals surface area contributed by atoms with E-state index in [2.05, 4.69) is 25.7 Å². The van der Waals surface area contributed by atoms with E-state index in [-0.39, 0.29) is 17.6 Å². The molecule has 1 aliphatic rings. The summed E-state index contributed by atoms with van der Waals surface area (Å²) in [7, 11) is 0. The molecule has 1 fully saturated rings. The van der Waals surface area contributed by atoms with E-state index in [1.807, 2.05) is 18.2 Å². The molecular weight excluding hydrogens is 338 g/mol. The quantitative estimate of drug-likeness (QED) is 0.707. The smallest absolute Gasteiger partial charge is 0.273 e. The van der Waals surface area contributed by atoms with Gasteiger partial charge in [0.05, 0.1) is 12.1 Å². The summed E-state index contributed by atoms with van der Waals surface area (Å²) in [6.07, 6.45) is -0.0353. The van der Waals surface area contributed by atoms with E-state index < -0.39 is 6.10 Å². The lowest BCUT2D eigenvalue weighted by Crippen LogP contribution is -2.53. The largest absolute Gasteiger partial charge is 0.390 e. The van der Waals surface area contributed by atoms with Gasteiger partial charge in [-0.15, -0.1) is 0 Å². The minimum absolute atomic E-state index is 0.224. The summed E-state index contributed by atoms with van der Waals surface area (Å²) < 4.78 is 9.70. The van der Waals surface area contributed by atoms with E-state index in [9.17, 15) is 9.90 Å².